The molecule has 0 saturated heterocycles. The van der Waals surface area contributed by atoms with Gasteiger partial charge in [0.1, 0.15) is 12.1 Å². The molecular weight excluding hydrogens is 334 g/mol. The van der Waals surface area contributed by atoms with E-state index in [1.807, 2.05) is 4.57 Å². The first kappa shape index (κ1) is 17.7. The van der Waals surface area contributed by atoms with Crippen LogP contribution in [0.2, 0.25) is 0 Å². The summed E-state index contributed by atoms with van der Waals surface area (Å²) in [5.74, 6) is 1.75. The minimum Gasteiger partial charge on any atom is -0.385 e. The van der Waals surface area contributed by atoms with Gasteiger partial charge < -0.3 is 14.6 Å². The molecule has 2 aromatic heterocycles. The monoisotopic (exact) mass is 357 g/mol. The van der Waals surface area contributed by atoms with Gasteiger partial charge in [-0.25, -0.2) is 4.98 Å². The normalized spacial score (nSPS) is 11.2. The number of rotatable bonds is 8. The van der Waals surface area contributed by atoms with Gasteiger partial charge in [0.05, 0.1) is 12.1 Å². The van der Waals surface area contributed by atoms with E-state index in [9.17, 15) is 0 Å². The van der Waals surface area contributed by atoms with Crippen LogP contribution < -0.4 is 5.32 Å². The number of aryl methyl sites for hydroxylation is 2. The van der Waals surface area contributed by atoms with Crippen LogP contribution in [0, 0.1) is 6.92 Å². The van der Waals surface area contributed by atoms with Crippen LogP contribution in [0.15, 0.2) is 35.5 Å². The van der Waals surface area contributed by atoms with Crippen molar-refractivity contribution in [1.82, 2.24) is 19.7 Å². The van der Waals surface area contributed by atoms with Gasteiger partial charge in [0.15, 0.2) is 5.82 Å². The molecule has 3 aromatic rings. The standard InChI is InChI=1S/C18H23N5OS/c1-13-9-17(21-16-6-5-14(25-3)10-15(13)16)19-11-18-22-20-12-23(18)7-4-8-24-2/h5-6,9-10,12H,4,7-8,11H2,1-3H3,(H,19,21). The second-order valence-electron chi connectivity index (χ2n) is 5.85. The molecule has 1 aromatic carbocycles. The molecule has 0 unspecified atom stereocenters. The SMILES string of the molecule is COCCCn1cnnc1CNc1cc(C)c2cc(SC)ccc2n1. The Bertz CT molecular complexity index is 849. The lowest BCUT2D eigenvalue weighted by molar-refractivity contribution is 0.190. The van der Waals surface area contributed by atoms with Gasteiger partial charge in [0, 0.05) is 30.5 Å². The predicted molar refractivity (Wildman–Crippen MR) is 102 cm³/mol. The number of thioether (sulfide) groups is 1. The third-order valence-electron chi connectivity index (χ3n) is 4.09. The molecule has 0 saturated carbocycles. The fourth-order valence-corrected chi connectivity index (χ4v) is 3.18. The summed E-state index contributed by atoms with van der Waals surface area (Å²) < 4.78 is 7.14. The highest BCUT2D eigenvalue weighted by atomic mass is 32.2. The summed E-state index contributed by atoms with van der Waals surface area (Å²) in [7, 11) is 1.71. The number of pyridine rings is 1. The van der Waals surface area contributed by atoms with Crippen molar-refractivity contribution in [3.8, 4) is 0 Å². The number of fused-ring (bicyclic) bond motifs is 1. The molecule has 132 valence electrons. The van der Waals surface area contributed by atoms with Crippen molar-refractivity contribution >= 4 is 28.5 Å². The average molecular weight is 357 g/mol. The van der Waals surface area contributed by atoms with Crippen LogP contribution in [-0.2, 0) is 17.8 Å². The maximum Gasteiger partial charge on any atom is 0.152 e. The van der Waals surface area contributed by atoms with Crippen LogP contribution in [0.5, 0.6) is 0 Å². The summed E-state index contributed by atoms with van der Waals surface area (Å²) in [6, 6.07) is 8.46. The lowest BCUT2D eigenvalue weighted by atomic mass is 10.1. The van der Waals surface area contributed by atoms with E-state index in [-0.39, 0.29) is 0 Å². The highest BCUT2D eigenvalue weighted by molar-refractivity contribution is 7.98. The van der Waals surface area contributed by atoms with Crippen LogP contribution >= 0.6 is 11.8 Å². The smallest absolute Gasteiger partial charge is 0.152 e. The largest absolute Gasteiger partial charge is 0.385 e. The summed E-state index contributed by atoms with van der Waals surface area (Å²) in [5.41, 5.74) is 2.21. The Labute approximate surface area is 152 Å². The molecule has 0 fully saturated rings. The third kappa shape index (κ3) is 4.29. The van der Waals surface area contributed by atoms with Gasteiger partial charge in [-0.2, -0.15) is 0 Å². The minimum absolute atomic E-state index is 0.591. The molecule has 25 heavy (non-hydrogen) atoms. The number of benzene rings is 1. The fraction of sp³-hybridized carbons (Fsp3) is 0.389. The van der Waals surface area contributed by atoms with Crippen molar-refractivity contribution in [2.24, 2.45) is 0 Å². The number of aromatic nitrogens is 4. The summed E-state index contributed by atoms with van der Waals surface area (Å²) >= 11 is 1.74. The van der Waals surface area contributed by atoms with Crippen LogP contribution in [0.4, 0.5) is 5.82 Å². The van der Waals surface area contributed by atoms with Crippen LogP contribution in [0.1, 0.15) is 17.8 Å². The zero-order valence-electron chi connectivity index (χ0n) is 14.8. The van der Waals surface area contributed by atoms with E-state index in [4.69, 9.17) is 9.72 Å². The summed E-state index contributed by atoms with van der Waals surface area (Å²) in [5, 5.41) is 12.8. The molecule has 6 nitrogen and oxygen atoms in total. The molecule has 0 amide bonds. The van der Waals surface area contributed by atoms with Crippen molar-refractivity contribution in [2.75, 3.05) is 25.3 Å². The minimum atomic E-state index is 0.591. The first-order chi connectivity index (χ1) is 12.2. The zero-order chi connectivity index (χ0) is 17.6. The second kappa shape index (κ2) is 8.31. The number of hydrogen-bond acceptors (Lipinski definition) is 6. The van der Waals surface area contributed by atoms with Gasteiger partial charge in [-0.3, -0.25) is 0 Å². The summed E-state index contributed by atoms with van der Waals surface area (Å²) in [4.78, 5) is 5.97. The molecule has 0 aliphatic heterocycles. The average Bonchev–Trinajstić information content (AvgIpc) is 3.07. The first-order valence-corrected chi connectivity index (χ1v) is 9.48. The Hall–Kier alpha value is -2.12. The fourth-order valence-electron chi connectivity index (χ4n) is 2.74. The quantitative estimate of drug-likeness (QED) is 0.492. The molecule has 0 aliphatic rings. The highest BCUT2D eigenvalue weighted by Crippen LogP contribution is 2.25. The number of nitrogens with zero attached hydrogens (tertiary/aromatic N) is 4. The molecule has 0 aliphatic carbocycles. The topological polar surface area (TPSA) is 64.9 Å². The van der Waals surface area contributed by atoms with Crippen LogP contribution in [-0.4, -0.2) is 39.7 Å². The van der Waals surface area contributed by atoms with Gasteiger partial charge in [-0.15, -0.1) is 22.0 Å². The Kier molecular flexibility index (Phi) is 5.88. The molecule has 0 bridgehead atoms. The summed E-state index contributed by atoms with van der Waals surface area (Å²) in [6.45, 7) is 4.29. The van der Waals surface area contributed by atoms with Crippen molar-refractivity contribution in [1.29, 1.82) is 0 Å². The maximum absolute atomic E-state index is 5.10. The lowest BCUT2D eigenvalue weighted by Gasteiger charge is -2.11. The lowest BCUT2D eigenvalue weighted by Crippen LogP contribution is -2.10. The molecule has 3 rings (SSSR count). The van der Waals surface area contributed by atoms with Crippen LogP contribution in [0.25, 0.3) is 10.9 Å². The van der Waals surface area contributed by atoms with E-state index in [0.717, 1.165) is 36.7 Å². The van der Waals surface area contributed by atoms with E-state index < -0.39 is 0 Å². The molecule has 1 N–H and O–H groups in total. The van der Waals surface area contributed by atoms with E-state index in [1.54, 1.807) is 25.2 Å². The molecule has 0 spiro atoms. The Morgan fingerprint density at radius 1 is 1.28 bits per heavy atom. The zero-order valence-corrected chi connectivity index (χ0v) is 15.6. The Morgan fingerprint density at radius 2 is 2.16 bits per heavy atom. The highest BCUT2D eigenvalue weighted by Gasteiger charge is 2.07. The second-order valence-corrected chi connectivity index (χ2v) is 6.73. The van der Waals surface area contributed by atoms with Crippen molar-refractivity contribution < 1.29 is 4.74 Å². The number of ether oxygens (including phenoxy) is 1. The van der Waals surface area contributed by atoms with Crippen molar-refractivity contribution in [3.63, 3.8) is 0 Å². The Morgan fingerprint density at radius 3 is 2.96 bits per heavy atom. The number of nitrogens with one attached hydrogen (secondary N) is 1. The molecule has 0 radical (unpaired) electrons. The van der Waals surface area contributed by atoms with E-state index in [1.165, 1.54) is 15.8 Å². The summed E-state index contributed by atoms with van der Waals surface area (Å²) in [6.07, 6.45) is 4.78. The molecule has 7 heteroatoms. The van der Waals surface area contributed by atoms with Crippen LogP contribution in [0.3, 0.4) is 0 Å². The van der Waals surface area contributed by atoms with Gasteiger partial charge >= 0.3 is 0 Å². The molecule has 2 heterocycles. The van der Waals surface area contributed by atoms with E-state index in [2.05, 4.69) is 53.0 Å². The third-order valence-corrected chi connectivity index (χ3v) is 4.82. The van der Waals surface area contributed by atoms with Crippen molar-refractivity contribution in [2.45, 2.75) is 31.3 Å². The molecular formula is C18H23N5OS. The van der Waals surface area contributed by atoms with Gasteiger partial charge in [-0.05, 0) is 49.4 Å². The maximum atomic E-state index is 5.10. The van der Waals surface area contributed by atoms with E-state index in [0.29, 0.717) is 6.54 Å². The van der Waals surface area contributed by atoms with Gasteiger partial charge in [0.25, 0.3) is 0 Å². The van der Waals surface area contributed by atoms with E-state index >= 15 is 0 Å². The molecule has 0 atom stereocenters. The Balaban J connectivity index is 1.72. The number of hydrogen-bond donors (Lipinski definition) is 1. The number of methoxy groups -OCH3 is 1. The first-order valence-electron chi connectivity index (χ1n) is 8.26. The predicted octanol–water partition coefficient (Wildman–Crippen LogP) is 3.51. The number of anilines is 1. The van der Waals surface area contributed by atoms with Crippen molar-refractivity contribution in [3.05, 3.63) is 42.0 Å². The van der Waals surface area contributed by atoms with Gasteiger partial charge in [0.2, 0.25) is 0 Å². The van der Waals surface area contributed by atoms with Gasteiger partial charge in [-0.1, -0.05) is 0 Å².